The van der Waals surface area contributed by atoms with Crippen LogP contribution in [0.3, 0.4) is 0 Å². The summed E-state index contributed by atoms with van der Waals surface area (Å²) in [6.45, 7) is 7.72. The second-order valence-corrected chi connectivity index (χ2v) is 9.76. The Balaban J connectivity index is 1.57. The third kappa shape index (κ3) is 1.63. The second kappa shape index (κ2) is 4.10. The van der Waals surface area contributed by atoms with Gasteiger partial charge in [0.05, 0.1) is 17.8 Å². The zero-order valence-corrected chi connectivity index (χ0v) is 14.3. The molecular formula is C19H30O3. The smallest absolute Gasteiger partial charge is 0.109 e. The topological polar surface area (TPSA) is 27.7 Å². The Hall–Kier alpha value is -0.120. The fourth-order valence-corrected chi connectivity index (χ4v) is 7.02. The standard InChI is InChI=1S/C19H30O3/c1-16-9-13(10-16)14-11-19-6-4-5-17(2,21-19)7-8-20-22-18(16,3)15(14)12-19/h13-15H,4-12H2,1-3H3. The van der Waals surface area contributed by atoms with Crippen molar-refractivity contribution in [2.75, 3.05) is 6.61 Å². The van der Waals surface area contributed by atoms with E-state index in [9.17, 15) is 0 Å². The molecule has 1 spiro atoms. The lowest BCUT2D eigenvalue weighted by atomic mass is 9.42. The van der Waals surface area contributed by atoms with Gasteiger partial charge in [0.25, 0.3) is 0 Å². The molecule has 5 bridgehead atoms. The Kier molecular flexibility index (Phi) is 2.65. The molecule has 124 valence electrons. The van der Waals surface area contributed by atoms with Crippen LogP contribution in [0.1, 0.15) is 72.1 Å². The maximum Gasteiger partial charge on any atom is 0.109 e. The molecule has 6 fully saturated rings. The number of ether oxygens (including phenoxy) is 1. The lowest BCUT2D eigenvalue weighted by molar-refractivity contribution is -0.425. The monoisotopic (exact) mass is 306 g/mol. The minimum atomic E-state index is -0.121. The summed E-state index contributed by atoms with van der Waals surface area (Å²) in [4.78, 5) is 12.0. The predicted octanol–water partition coefficient (Wildman–Crippen LogP) is 4.25. The second-order valence-electron chi connectivity index (χ2n) is 9.76. The summed E-state index contributed by atoms with van der Waals surface area (Å²) < 4.78 is 6.85. The average molecular weight is 306 g/mol. The van der Waals surface area contributed by atoms with Crippen LogP contribution < -0.4 is 0 Å². The van der Waals surface area contributed by atoms with E-state index in [0.29, 0.717) is 17.9 Å². The summed E-state index contributed by atoms with van der Waals surface area (Å²) in [5.41, 5.74) is 0.319. The summed E-state index contributed by atoms with van der Waals surface area (Å²) >= 11 is 0. The number of hydrogen-bond acceptors (Lipinski definition) is 3. The molecule has 2 saturated heterocycles. The molecule has 2 aliphatic heterocycles. The number of fused-ring (bicyclic) bond motifs is 1. The van der Waals surface area contributed by atoms with Crippen LogP contribution in [0.2, 0.25) is 0 Å². The van der Waals surface area contributed by atoms with E-state index in [-0.39, 0.29) is 16.8 Å². The normalized spacial score (nSPS) is 63.1. The Morgan fingerprint density at radius 2 is 1.73 bits per heavy atom. The fraction of sp³-hybridized carbons (Fsp3) is 1.00. The molecule has 0 N–H and O–H groups in total. The van der Waals surface area contributed by atoms with E-state index in [2.05, 4.69) is 20.8 Å². The Morgan fingerprint density at radius 1 is 0.909 bits per heavy atom. The first-order valence-electron chi connectivity index (χ1n) is 9.38. The Labute approximate surface area is 134 Å². The average Bonchev–Trinajstić information content (AvgIpc) is 2.77. The van der Waals surface area contributed by atoms with Gasteiger partial charge in [-0.3, -0.25) is 0 Å². The first-order valence-corrected chi connectivity index (χ1v) is 9.38. The molecule has 5 unspecified atom stereocenters. The molecule has 6 rings (SSSR count). The Bertz CT molecular complexity index is 499. The molecule has 3 nitrogen and oxygen atoms in total. The highest BCUT2D eigenvalue weighted by molar-refractivity contribution is 5.19. The summed E-state index contributed by atoms with van der Waals surface area (Å²) in [5, 5.41) is 0. The minimum absolute atomic E-state index is 0.00427. The number of hydrogen-bond donors (Lipinski definition) is 0. The maximum atomic E-state index is 6.85. The molecule has 4 saturated carbocycles. The van der Waals surface area contributed by atoms with E-state index in [1.807, 2.05) is 0 Å². The molecule has 6 aliphatic rings. The molecule has 22 heavy (non-hydrogen) atoms. The molecular weight excluding hydrogens is 276 g/mol. The van der Waals surface area contributed by atoms with Crippen LogP contribution in [0, 0.1) is 23.2 Å². The van der Waals surface area contributed by atoms with Crippen molar-refractivity contribution in [3.8, 4) is 0 Å². The van der Waals surface area contributed by atoms with E-state index in [1.165, 1.54) is 44.9 Å². The lowest BCUT2D eigenvalue weighted by Gasteiger charge is -2.65. The largest absolute Gasteiger partial charge is 0.369 e. The van der Waals surface area contributed by atoms with Gasteiger partial charge in [0.2, 0.25) is 0 Å². The molecule has 0 aromatic rings. The van der Waals surface area contributed by atoms with Crippen molar-refractivity contribution in [3.63, 3.8) is 0 Å². The van der Waals surface area contributed by atoms with Gasteiger partial charge in [-0.2, -0.15) is 0 Å². The third-order valence-electron chi connectivity index (χ3n) is 8.40. The number of rotatable bonds is 0. The van der Waals surface area contributed by atoms with Gasteiger partial charge in [0.15, 0.2) is 0 Å². The van der Waals surface area contributed by atoms with Crippen LogP contribution in [0.15, 0.2) is 0 Å². The Morgan fingerprint density at radius 3 is 2.55 bits per heavy atom. The van der Waals surface area contributed by atoms with Crippen molar-refractivity contribution < 1.29 is 14.5 Å². The van der Waals surface area contributed by atoms with Crippen molar-refractivity contribution in [3.05, 3.63) is 0 Å². The van der Waals surface area contributed by atoms with Crippen LogP contribution in [-0.2, 0) is 14.5 Å². The van der Waals surface area contributed by atoms with Crippen molar-refractivity contribution >= 4 is 0 Å². The highest BCUT2D eigenvalue weighted by Gasteiger charge is 2.71. The SMILES string of the molecule is CC12CCCC3(CC4C5CC(C)(C5)C(C)(OOCC1)C4C3)O2. The highest BCUT2D eigenvalue weighted by atomic mass is 17.2. The van der Waals surface area contributed by atoms with Crippen molar-refractivity contribution in [2.24, 2.45) is 23.2 Å². The summed E-state index contributed by atoms with van der Waals surface area (Å²) in [6.07, 6.45) is 9.81. The van der Waals surface area contributed by atoms with Gasteiger partial charge in [-0.05, 0) is 76.5 Å². The van der Waals surface area contributed by atoms with Crippen molar-refractivity contribution in [1.82, 2.24) is 0 Å². The zero-order valence-electron chi connectivity index (χ0n) is 14.3. The van der Waals surface area contributed by atoms with Crippen LogP contribution >= 0.6 is 0 Å². The minimum Gasteiger partial charge on any atom is -0.369 e. The predicted molar refractivity (Wildman–Crippen MR) is 83.2 cm³/mol. The van der Waals surface area contributed by atoms with Crippen molar-refractivity contribution in [1.29, 1.82) is 0 Å². The van der Waals surface area contributed by atoms with Crippen LogP contribution in [0.25, 0.3) is 0 Å². The fourth-order valence-electron chi connectivity index (χ4n) is 7.02. The molecule has 0 aromatic heterocycles. The van der Waals surface area contributed by atoms with Gasteiger partial charge in [-0.25, -0.2) is 9.78 Å². The first kappa shape index (κ1) is 14.2. The molecule has 4 aliphatic carbocycles. The van der Waals surface area contributed by atoms with Crippen LogP contribution in [-0.4, -0.2) is 23.4 Å². The van der Waals surface area contributed by atoms with Gasteiger partial charge in [-0.1, -0.05) is 6.92 Å². The van der Waals surface area contributed by atoms with Gasteiger partial charge in [0.1, 0.15) is 5.60 Å². The molecule has 2 heterocycles. The van der Waals surface area contributed by atoms with Crippen molar-refractivity contribution in [2.45, 2.75) is 88.9 Å². The van der Waals surface area contributed by atoms with E-state index in [1.54, 1.807) is 0 Å². The van der Waals surface area contributed by atoms with Gasteiger partial charge in [0, 0.05) is 11.8 Å². The first-order chi connectivity index (χ1) is 10.4. The van der Waals surface area contributed by atoms with Gasteiger partial charge in [-0.15, -0.1) is 0 Å². The summed E-state index contributed by atoms with van der Waals surface area (Å²) in [6, 6.07) is 0. The van der Waals surface area contributed by atoms with E-state index in [0.717, 1.165) is 18.3 Å². The molecule has 5 atom stereocenters. The highest BCUT2D eigenvalue weighted by Crippen LogP contribution is 2.72. The van der Waals surface area contributed by atoms with Gasteiger partial charge < -0.3 is 4.74 Å². The van der Waals surface area contributed by atoms with Crippen LogP contribution in [0.4, 0.5) is 0 Å². The molecule has 0 aromatic carbocycles. The zero-order chi connectivity index (χ0) is 15.2. The molecule has 3 heteroatoms. The summed E-state index contributed by atoms with van der Waals surface area (Å²) in [7, 11) is 0. The van der Waals surface area contributed by atoms with E-state index in [4.69, 9.17) is 14.5 Å². The van der Waals surface area contributed by atoms with E-state index >= 15 is 0 Å². The van der Waals surface area contributed by atoms with Gasteiger partial charge >= 0.3 is 0 Å². The van der Waals surface area contributed by atoms with E-state index < -0.39 is 0 Å². The molecule has 0 amide bonds. The quantitative estimate of drug-likeness (QED) is 0.626. The molecule has 0 radical (unpaired) electrons. The third-order valence-corrected chi connectivity index (χ3v) is 8.40. The maximum absolute atomic E-state index is 6.85. The summed E-state index contributed by atoms with van der Waals surface area (Å²) in [5.74, 6) is 2.31. The lowest BCUT2D eigenvalue weighted by Crippen LogP contribution is -2.65. The van der Waals surface area contributed by atoms with Crippen LogP contribution in [0.5, 0.6) is 0 Å².